The number of aromatic nitrogens is 4. The van der Waals surface area contributed by atoms with Crippen molar-refractivity contribution in [2.24, 2.45) is 5.73 Å². The standard InChI is InChI=1S/C26H27N7O2/c1-16-10-20(2-3-21(16)17-5-8-33(9-6-17)14-23(27)34)31-25-24-18(4-7-30-26(24)35)11-22(32-25)19-12-28-15-29-13-19/h2-4,7,10-13,15,17H,5-6,8-9,14H2,1H3,(H2,27,34)(H,30,35)(H,31,32). The first-order chi connectivity index (χ1) is 17.0. The third-order valence-corrected chi connectivity index (χ3v) is 6.55. The number of benzene rings is 1. The fourth-order valence-corrected chi connectivity index (χ4v) is 4.85. The molecule has 0 atom stereocenters. The second-order valence-corrected chi connectivity index (χ2v) is 8.97. The van der Waals surface area contributed by atoms with E-state index in [0.717, 1.165) is 42.6 Å². The second-order valence-electron chi connectivity index (χ2n) is 8.97. The molecular weight excluding hydrogens is 442 g/mol. The fourth-order valence-electron chi connectivity index (χ4n) is 4.85. The Balaban J connectivity index is 1.43. The lowest BCUT2D eigenvalue weighted by molar-refractivity contribution is -0.119. The molecule has 4 aromatic rings. The molecule has 1 aliphatic rings. The lowest BCUT2D eigenvalue weighted by atomic mass is 9.86. The number of primary amides is 1. The molecular formula is C26H27N7O2. The van der Waals surface area contributed by atoms with Gasteiger partial charge in [0, 0.05) is 29.8 Å². The van der Waals surface area contributed by atoms with E-state index in [0.29, 0.717) is 29.4 Å². The van der Waals surface area contributed by atoms with Crippen molar-refractivity contribution in [2.75, 3.05) is 25.0 Å². The number of pyridine rings is 2. The third-order valence-electron chi connectivity index (χ3n) is 6.55. The van der Waals surface area contributed by atoms with Crippen molar-refractivity contribution in [3.8, 4) is 11.3 Å². The molecule has 178 valence electrons. The summed E-state index contributed by atoms with van der Waals surface area (Å²) in [6.07, 6.45) is 8.48. The van der Waals surface area contributed by atoms with Crippen LogP contribution in [0.1, 0.15) is 29.9 Å². The maximum absolute atomic E-state index is 12.7. The van der Waals surface area contributed by atoms with Crippen LogP contribution in [0.4, 0.5) is 11.5 Å². The van der Waals surface area contributed by atoms with E-state index in [1.807, 2.05) is 18.2 Å². The zero-order valence-corrected chi connectivity index (χ0v) is 19.5. The molecule has 3 aromatic heterocycles. The fraction of sp³-hybridized carbons (Fsp3) is 0.269. The minimum atomic E-state index is -0.279. The minimum Gasteiger partial charge on any atom is -0.369 e. The van der Waals surface area contributed by atoms with E-state index in [1.54, 1.807) is 18.6 Å². The molecule has 4 heterocycles. The molecule has 35 heavy (non-hydrogen) atoms. The number of rotatable bonds is 6. The molecule has 9 heteroatoms. The normalized spacial score (nSPS) is 14.8. The Kier molecular flexibility index (Phi) is 6.24. The Morgan fingerprint density at radius 3 is 2.66 bits per heavy atom. The van der Waals surface area contributed by atoms with Crippen molar-refractivity contribution in [1.82, 2.24) is 24.8 Å². The van der Waals surface area contributed by atoms with Crippen LogP contribution >= 0.6 is 0 Å². The Bertz CT molecular complexity index is 1430. The second kappa shape index (κ2) is 9.63. The Labute approximate surface area is 202 Å². The van der Waals surface area contributed by atoms with Gasteiger partial charge in [-0.05, 0) is 79.6 Å². The van der Waals surface area contributed by atoms with Crippen molar-refractivity contribution in [3.63, 3.8) is 0 Å². The number of likely N-dealkylation sites (tertiary alicyclic amines) is 1. The first kappa shape index (κ1) is 22.7. The SMILES string of the molecule is Cc1cc(Nc2nc(-c3cncnc3)cc3cc[nH]c(=O)c23)ccc1C1CCN(CC(N)=O)CC1. The molecule has 9 nitrogen and oxygen atoms in total. The van der Waals surface area contributed by atoms with Gasteiger partial charge in [0.05, 0.1) is 17.6 Å². The van der Waals surface area contributed by atoms with Crippen LogP contribution < -0.4 is 16.6 Å². The quantitative estimate of drug-likeness (QED) is 0.396. The Hall–Kier alpha value is -4.11. The topological polar surface area (TPSA) is 130 Å². The summed E-state index contributed by atoms with van der Waals surface area (Å²) in [4.78, 5) is 41.7. The van der Waals surface area contributed by atoms with Crippen molar-refractivity contribution in [3.05, 3.63) is 76.7 Å². The summed E-state index contributed by atoms with van der Waals surface area (Å²) in [5.74, 6) is 0.644. The number of hydrogen-bond donors (Lipinski definition) is 3. The molecule has 1 aromatic carbocycles. The van der Waals surface area contributed by atoms with Gasteiger partial charge in [-0.1, -0.05) is 6.07 Å². The summed E-state index contributed by atoms with van der Waals surface area (Å²) in [7, 11) is 0. The van der Waals surface area contributed by atoms with Crippen LogP contribution in [0.25, 0.3) is 22.0 Å². The van der Waals surface area contributed by atoms with Crippen molar-refractivity contribution in [1.29, 1.82) is 0 Å². The average molecular weight is 470 g/mol. The monoisotopic (exact) mass is 469 g/mol. The Morgan fingerprint density at radius 2 is 1.94 bits per heavy atom. The highest BCUT2D eigenvalue weighted by Gasteiger charge is 2.22. The highest BCUT2D eigenvalue weighted by atomic mass is 16.1. The first-order valence-electron chi connectivity index (χ1n) is 11.6. The van der Waals surface area contributed by atoms with Crippen LogP contribution in [-0.4, -0.2) is 50.4 Å². The van der Waals surface area contributed by atoms with Gasteiger partial charge in [0.2, 0.25) is 5.91 Å². The minimum absolute atomic E-state index is 0.204. The summed E-state index contributed by atoms with van der Waals surface area (Å²) in [6.45, 7) is 4.15. The van der Waals surface area contributed by atoms with Gasteiger partial charge in [-0.25, -0.2) is 15.0 Å². The van der Waals surface area contributed by atoms with Crippen LogP contribution in [-0.2, 0) is 4.79 Å². The van der Waals surface area contributed by atoms with E-state index in [-0.39, 0.29) is 11.5 Å². The van der Waals surface area contributed by atoms with Crippen molar-refractivity contribution >= 4 is 28.2 Å². The maximum Gasteiger partial charge on any atom is 0.259 e. The zero-order chi connectivity index (χ0) is 24.4. The van der Waals surface area contributed by atoms with Gasteiger partial charge in [-0.2, -0.15) is 0 Å². The number of fused-ring (bicyclic) bond motifs is 1. The van der Waals surface area contributed by atoms with Gasteiger partial charge in [0.15, 0.2) is 0 Å². The summed E-state index contributed by atoms with van der Waals surface area (Å²) >= 11 is 0. The van der Waals surface area contributed by atoms with Gasteiger partial charge in [-0.3, -0.25) is 14.5 Å². The number of aromatic amines is 1. The number of nitrogens with one attached hydrogen (secondary N) is 2. The molecule has 1 fully saturated rings. The summed E-state index contributed by atoms with van der Waals surface area (Å²) < 4.78 is 0. The number of carbonyl (C=O) groups is 1. The van der Waals surface area contributed by atoms with E-state index < -0.39 is 0 Å². The first-order valence-corrected chi connectivity index (χ1v) is 11.6. The van der Waals surface area contributed by atoms with Crippen molar-refractivity contribution in [2.45, 2.75) is 25.7 Å². The van der Waals surface area contributed by atoms with Gasteiger partial charge >= 0.3 is 0 Å². The smallest absolute Gasteiger partial charge is 0.259 e. The van der Waals surface area contributed by atoms with Gasteiger partial charge in [0.25, 0.3) is 5.56 Å². The number of nitrogens with zero attached hydrogens (tertiary/aromatic N) is 4. The molecule has 4 N–H and O–H groups in total. The lowest BCUT2D eigenvalue weighted by Gasteiger charge is -2.32. The lowest BCUT2D eigenvalue weighted by Crippen LogP contribution is -2.39. The summed E-state index contributed by atoms with van der Waals surface area (Å²) in [6, 6.07) is 9.99. The number of piperidine rings is 1. The number of nitrogens with two attached hydrogens (primary N) is 1. The van der Waals surface area contributed by atoms with Gasteiger partial charge < -0.3 is 16.0 Å². The molecule has 1 aliphatic heterocycles. The number of anilines is 2. The average Bonchev–Trinajstić information content (AvgIpc) is 2.85. The predicted octanol–water partition coefficient (Wildman–Crippen LogP) is 3.10. The summed E-state index contributed by atoms with van der Waals surface area (Å²) in [5.41, 5.74) is 9.93. The molecule has 5 rings (SSSR count). The van der Waals surface area contributed by atoms with E-state index >= 15 is 0 Å². The van der Waals surface area contributed by atoms with E-state index in [4.69, 9.17) is 10.7 Å². The van der Waals surface area contributed by atoms with Gasteiger partial charge in [-0.15, -0.1) is 0 Å². The number of carbonyl (C=O) groups excluding carboxylic acids is 1. The molecule has 0 unspecified atom stereocenters. The number of hydrogen-bond acceptors (Lipinski definition) is 7. The molecule has 0 aliphatic carbocycles. The third kappa shape index (κ3) is 4.90. The number of amides is 1. The highest BCUT2D eigenvalue weighted by Crippen LogP contribution is 2.33. The van der Waals surface area contributed by atoms with Crippen LogP contribution in [0.3, 0.4) is 0 Å². The zero-order valence-electron chi connectivity index (χ0n) is 19.5. The summed E-state index contributed by atoms with van der Waals surface area (Å²) in [5, 5.41) is 4.64. The van der Waals surface area contributed by atoms with Crippen LogP contribution in [0, 0.1) is 6.92 Å². The largest absolute Gasteiger partial charge is 0.369 e. The van der Waals surface area contributed by atoms with Crippen LogP contribution in [0.5, 0.6) is 0 Å². The van der Waals surface area contributed by atoms with E-state index in [1.165, 1.54) is 17.5 Å². The molecule has 1 saturated heterocycles. The number of H-pyrrole nitrogens is 1. The molecule has 1 amide bonds. The Morgan fingerprint density at radius 1 is 1.17 bits per heavy atom. The number of aryl methyl sites for hydroxylation is 1. The van der Waals surface area contributed by atoms with Crippen LogP contribution in [0.15, 0.2) is 60.0 Å². The highest BCUT2D eigenvalue weighted by molar-refractivity contribution is 5.95. The molecule has 0 bridgehead atoms. The van der Waals surface area contributed by atoms with Gasteiger partial charge in [0.1, 0.15) is 12.1 Å². The van der Waals surface area contributed by atoms with E-state index in [9.17, 15) is 9.59 Å². The van der Waals surface area contributed by atoms with E-state index in [2.05, 4.69) is 44.2 Å². The molecule has 0 spiro atoms. The van der Waals surface area contributed by atoms with Crippen molar-refractivity contribution < 1.29 is 4.79 Å². The predicted molar refractivity (Wildman–Crippen MR) is 135 cm³/mol. The van der Waals surface area contributed by atoms with Crippen LogP contribution in [0.2, 0.25) is 0 Å². The maximum atomic E-state index is 12.7. The molecule has 0 saturated carbocycles. The molecule has 0 radical (unpaired) electrons.